The first kappa shape index (κ1) is 19.7. The molecule has 0 radical (unpaired) electrons. The predicted molar refractivity (Wildman–Crippen MR) is 111 cm³/mol. The zero-order valence-electron chi connectivity index (χ0n) is 15.7. The molecule has 0 spiro atoms. The number of amides is 1. The number of aromatic nitrogens is 2. The van der Waals surface area contributed by atoms with Gasteiger partial charge in [-0.25, -0.2) is 18.1 Å². The van der Waals surface area contributed by atoms with Gasteiger partial charge in [0.15, 0.2) is 0 Å². The van der Waals surface area contributed by atoms with E-state index >= 15 is 0 Å². The summed E-state index contributed by atoms with van der Waals surface area (Å²) >= 11 is 1.15. The molecule has 0 fully saturated rings. The highest BCUT2D eigenvalue weighted by atomic mass is 32.1. The molecule has 0 saturated carbocycles. The van der Waals surface area contributed by atoms with E-state index in [-0.39, 0.29) is 5.69 Å². The van der Waals surface area contributed by atoms with Crippen LogP contribution in [0, 0.1) is 18.6 Å². The monoisotopic (exact) mass is 427 g/mol. The summed E-state index contributed by atoms with van der Waals surface area (Å²) in [6, 6.07) is 11.2. The van der Waals surface area contributed by atoms with Crippen molar-refractivity contribution in [1.82, 2.24) is 9.13 Å². The first-order valence-electron chi connectivity index (χ1n) is 8.91. The number of aryl methyl sites for hydroxylation is 1. The molecule has 30 heavy (non-hydrogen) atoms. The van der Waals surface area contributed by atoms with Gasteiger partial charge in [-0.3, -0.25) is 14.2 Å². The van der Waals surface area contributed by atoms with Gasteiger partial charge in [0.25, 0.3) is 5.56 Å². The Hall–Kier alpha value is -3.59. The molecule has 0 bridgehead atoms. The predicted octanol–water partition coefficient (Wildman–Crippen LogP) is 3.44. The third-order valence-corrected chi connectivity index (χ3v) is 5.51. The van der Waals surface area contributed by atoms with Crippen LogP contribution in [-0.2, 0) is 11.3 Å². The van der Waals surface area contributed by atoms with Crippen LogP contribution in [0.25, 0.3) is 15.9 Å². The second kappa shape index (κ2) is 7.68. The van der Waals surface area contributed by atoms with E-state index in [1.807, 2.05) is 0 Å². The van der Waals surface area contributed by atoms with E-state index in [1.165, 1.54) is 0 Å². The van der Waals surface area contributed by atoms with E-state index in [2.05, 4.69) is 5.32 Å². The lowest BCUT2D eigenvalue weighted by Crippen LogP contribution is -2.40. The number of benzene rings is 2. The van der Waals surface area contributed by atoms with Crippen molar-refractivity contribution in [1.29, 1.82) is 0 Å². The van der Waals surface area contributed by atoms with Crippen LogP contribution in [-0.4, -0.2) is 15.0 Å². The molecule has 0 aliphatic carbocycles. The fraction of sp³-hybridized carbons (Fsp3) is 0.0952. The molecule has 6 nitrogen and oxygen atoms in total. The zero-order chi connectivity index (χ0) is 21.4. The zero-order valence-corrected chi connectivity index (χ0v) is 16.5. The van der Waals surface area contributed by atoms with E-state index in [1.54, 1.807) is 42.6 Å². The topological polar surface area (TPSA) is 73.1 Å². The molecule has 0 saturated heterocycles. The summed E-state index contributed by atoms with van der Waals surface area (Å²) in [5.74, 6) is -2.25. The van der Waals surface area contributed by atoms with Crippen LogP contribution in [0.1, 0.15) is 5.56 Å². The van der Waals surface area contributed by atoms with Crippen LogP contribution in [0.15, 0.2) is 63.5 Å². The number of hydrogen-bond acceptors (Lipinski definition) is 4. The lowest BCUT2D eigenvalue weighted by atomic mass is 10.2. The Kier molecular flexibility index (Phi) is 5.04. The molecule has 2 aromatic carbocycles. The van der Waals surface area contributed by atoms with Gasteiger partial charge in [0.1, 0.15) is 22.9 Å². The number of carbonyl (C=O) groups excluding carboxylic acids is 1. The number of halogens is 2. The molecule has 0 atom stereocenters. The van der Waals surface area contributed by atoms with E-state index in [4.69, 9.17) is 0 Å². The van der Waals surface area contributed by atoms with Gasteiger partial charge in [0, 0.05) is 6.07 Å². The molecule has 4 rings (SSSR count). The average molecular weight is 427 g/mol. The third kappa shape index (κ3) is 3.43. The second-order valence-corrected chi connectivity index (χ2v) is 7.52. The molecule has 4 aromatic rings. The largest absolute Gasteiger partial charge is 0.336 e. The maximum Gasteiger partial charge on any atom is 0.336 e. The minimum atomic E-state index is -0.803. The number of thiophene rings is 1. The van der Waals surface area contributed by atoms with Crippen molar-refractivity contribution in [3.63, 3.8) is 0 Å². The first-order valence-corrected chi connectivity index (χ1v) is 9.79. The van der Waals surface area contributed by atoms with Gasteiger partial charge in [-0.2, -0.15) is 0 Å². The standard InChI is InChI=1S/C21H15F2N3O3S/c1-12-4-2-3-5-16(12)26-20(28)19-17(8-9-30-19)25(21(26)29)11-18(27)24-15-10-13(22)6-7-14(15)23/h2-10H,11H2,1H3,(H,24,27). The van der Waals surface area contributed by atoms with E-state index in [0.717, 1.165) is 38.7 Å². The molecular weight excluding hydrogens is 412 g/mol. The van der Waals surface area contributed by atoms with Crippen molar-refractivity contribution in [3.8, 4) is 5.69 Å². The number of carbonyl (C=O) groups is 1. The molecule has 0 unspecified atom stereocenters. The van der Waals surface area contributed by atoms with Gasteiger partial charge >= 0.3 is 5.69 Å². The summed E-state index contributed by atoms with van der Waals surface area (Å²) in [6.45, 7) is 1.29. The van der Waals surface area contributed by atoms with Crippen LogP contribution >= 0.6 is 11.3 Å². The number of nitrogens with one attached hydrogen (secondary N) is 1. The summed E-state index contributed by atoms with van der Waals surface area (Å²) in [4.78, 5) is 38.6. The van der Waals surface area contributed by atoms with Gasteiger partial charge in [0.05, 0.1) is 16.9 Å². The van der Waals surface area contributed by atoms with Crippen molar-refractivity contribution in [2.45, 2.75) is 13.5 Å². The summed E-state index contributed by atoms with van der Waals surface area (Å²) in [7, 11) is 0. The van der Waals surface area contributed by atoms with Gasteiger partial charge in [-0.05, 0) is 42.1 Å². The number of hydrogen-bond donors (Lipinski definition) is 1. The number of anilines is 1. The Morgan fingerprint density at radius 1 is 1.10 bits per heavy atom. The number of rotatable bonds is 4. The third-order valence-electron chi connectivity index (χ3n) is 4.62. The Morgan fingerprint density at radius 2 is 1.87 bits per heavy atom. The summed E-state index contributed by atoms with van der Waals surface area (Å²) in [5, 5.41) is 3.92. The molecule has 1 amide bonds. The van der Waals surface area contributed by atoms with E-state index < -0.39 is 35.3 Å². The summed E-state index contributed by atoms with van der Waals surface area (Å²) in [6.07, 6.45) is 0. The fourth-order valence-electron chi connectivity index (χ4n) is 3.19. The van der Waals surface area contributed by atoms with Crippen LogP contribution in [0.5, 0.6) is 0 Å². The van der Waals surface area contributed by atoms with Crippen molar-refractivity contribution >= 4 is 33.1 Å². The SMILES string of the molecule is Cc1ccccc1-n1c(=O)c2sccc2n(CC(=O)Nc2cc(F)ccc2F)c1=O. The fourth-order valence-corrected chi connectivity index (χ4v) is 4.02. The number of fused-ring (bicyclic) bond motifs is 1. The quantitative estimate of drug-likeness (QED) is 0.542. The molecule has 2 aromatic heterocycles. The van der Waals surface area contributed by atoms with Crippen LogP contribution < -0.4 is 16.6 Å². The maximum absolute atomic E-state index is 13.8. The van der Waals surface area contributed by atoms with Crippen molar-refractivity contribution < 1.29 is 13.6 Å². The highest BCUT2D eigenvalue weighted by Gasteiger charge is 2.19. The van der Waals surface area contributed by atoms with Crippen molar-refractivity contribution in [2.75, 3.05) is 5.32 Å². The molecule has 152 valence electrons. The highest BCUT2D eigenvalue weighted by molar-refractivity contribution is 7.17. The first-order chi connectivity index (χ1) is 14.4. The number of para-hydroxylation sites is 1. The van der Waals surface area contributed by atoms with Crippen LogP contribution in [0.3, 0.4) is 0 Å². The Morgan fingerprint density at radius 3 is 2.63 bits per heavy atom. The van der Waals surface area contributed by atoms with Crippen LogP contribution in [0.2, 0.25) is 0 Å². The van der Waals surface area contributed by atoms with E-state index in [0.29, 0.717) is 21.5 Å². The van der Waals surface area contributed by atoms with Gasteiger partial charge in [-0.1, -0.05) is 18.2 Å². The molecule has 0 aliphatic heterocycles. The molecule has 1 N–H and O–H groups in total. The molecular formula is C21H15F2N3O3S. The smallest absolute Gasteiger partial charge is 0.322 e. The lowest BCUT2D eigenvalue weighted by Gasteiger charge is -2.14. The van der Waals surface area contributed by atoms with Gasteiger partial charge < -0.3 is 5.32 Å². The van der Waals surface area contributed by atoms with Crippen LogP contribution in [0.4, 0.5) is 14.5 Å². The average Bonchev–Trinajstić information content (AvgIpc) is 3.20. The van der Waals surface area contributed by atoms with Gasteiger partial charge in [0.2, 0.25) is 5.91 Å². The summed E-state index contributed by atoms with van der Waals surface area (Å²) < 4.78 is 29.7. The molecule has 9 heteroatoms. The second-order valence-electron chi connectivity index (χ2n) is 6.60. The maximum atomic E-state index is 13.8. The molecule has 2 heterocycles. The number of nitrogens with zero attached hydrogens (tertiary/aromatic N) is 2. The van der Waals surface area contributed by atoms with Crippen molar-refractivity contribution in [2.24, 2.45) is 0 Å². The molecule has 0 aliphatic rings. The van der Waals surface area contributed by atoms with E-state index in [9.17, 15) is 23.2 Å². The Bertz CT molecular complexity index is 1400. The minimum absolute atomic E-state index is 0.301. The summed E-state index contributed by atoms with van der Waals surface area (Å²) in [5.41, 5.74) is -0.0858. The normalized spacial score (nSPS) is 11.0. The van der Waals surface area contributed by atoms with Crippen molar-refractivity contribution in [3.05, 3.63) is 91.9 Å². The Labute approximate surface area is 172 Å². The van der Waals surface area contributed by atoms with Gasteiger partial charge in [-0.15, -0.1) is 11.3 Å². The minimum Gasteiger partial charge on any atom is -0.322 e. The highest BCUT2D eigenvalue weighted by Crippen LogP contribution is 2.19. The lowest BCUT2D eigenvalue weighted by molar-refractivity contribution is -0.116. The Balaban J connectivity index is 1.81.